The molecule has 0 fully saturated rings. The molecule has 0 saturated carbocycles. The van der Waals surface area contributed by atoms with Crippen molar-refractivity contribution in [2.45, 2.75) is 38.8 Å². The van der Waals surface area contributed by atoms with Crippen LogP contribution >= 0.6 is 0 Å². The van der Waals surface area contributed by atoms with E-state index in [1.54, 1.807) is 30.2 Å². The van der Waals surface area contributed by atoms with Crippen LogP contribution in [-0.4, -0.2) is 34.1 Å². The fourth-order valence-corrected chi connectivity index (χ4v) is 2.10. The smallest absolute Gasteiger partial charge is 0.250 e. The van der Waals surface area contributed by atoms with Crippen LogP contribution in [-0.2, 0) is 9.59 Å². The second-order valence-corrected chi connectivity index (χ2v) is 5.01. The molecule has 0 saturated heterocycles. The third-order valence-electron chi connectivity index (χ3n) is 3.01. The monoisotopic (exact) mass is 247 g/mol. The van der Waals surface area contributed by atoms with E-state index in [1.807, 2.05) is 19.9 Å². The standard InChI is InChI=1S/C13H17N3O2/c1-9(2)14-12(18)13(3)8-11(17)15-10-6-4-5-7-16(10)13/h4-7,9H,8H2,1-3H3,(H,14,18). The molecule has 2 rings (SSSR count). The van der Waals surface area contributed by atoms with E-state index in [2.05, 4.69) is 10.3 Å². The molecule has 0 spiro atoms. The summed E-state index contributed by atoms with van der Waals surface area (Å²) in [5.41, 5.74) is -0.903. The van der Waals surface area contributed by atoms with E-state index in [1.165, 1.54) is 0 Å². The summed E-state index contributed by atoms with van der Waals surface area (Å²) in [7, 11) is 0. The lowest BCUT2D eigenvalue weighted by Gasteiger charge is -2.41. The van der Waals surface area contributed by atoms with Gasteiger partial charge in [0.25, 0.3) is 5.91 Å². The Hall–Kier alpha value is -1.91. The number of carbonyl (C=O) groups is 2. The maximum atomic E-state index is 12.3. The molecule has 0 aromatic heterocycles. The minimum absolute atomic E-state index is 0.0380. The molecule has 0 aromatic carbocycles. The number of rotatable bonds is 2. The Balaban J connectivity index is 2.35. The number of amidine groups is 1. The third kappa shape index (κ3) is 2.08. The van der Waals surface area contributed by atoms with Gasteiger partial charge < -0.3 is 10.2 Å². The van der Waals surface area contributed by atoms with Gasteiger partial charge in [0.05, 0.1) is 6.42 Å². The number of nitrogens with one attached hydrogen (secondary N) is 1. The summed E-state index contributed by atoms with van der Waals surface area (Å²) in [6.45, 7) is 5.56. The molecule has 2 aliphatic rings. The van der Waals surface area contributed by atoms with Gasteiger partial charge in [0, 0.05) is 12.2 Å². The van der Waals surface area contributed by atoms with E-state index >= 15 is 0 Å². The summed E-state index contributed by atoms with van der Waals surface area (Å²) >= 11 is 0. The van der Waals surface area contributed by atoms with Crippen LogP contribution in [0.1, 0.15) is 27.2 Å². The summed E-state index contributed by atoms with van der Waals surface area (Å²) in [4.78, 5) is 29.7. The fraction of sp³-hybridized carbons (Fsp3) is 0.462. The largest absolute Gasteiger partial charge is 0.352 e. The van der Waals surface area contributed by atoms with Crippen molar-refractivity contribution in [3.63, 3.8) is 0 Å². The second-order valence-electron chi connectivity index (χ2n) is 5.01. The Labute approximate surface area is 106 Å². The molecular weight excluding hydrogens is 230 g/mol. The second kappa shape index (κ2) is 4.40. The Bertz CT molecular complexity index is 477. The maximum absolute atomic E-state index is 12.3. The van der Waals surface area contributed by atoms with E-state index in [-0.39, 0.29) is 24.3 Å². The predicted molar refractivity (Wildman–Crippen MR) is 68.9 cm³/mol. The molecule has 2 heterocycles. The van der Waals surface area contributed by atoms with Crippen molar-refractivity contribution in [1.82, 2.24) is 10.2 Å². The van der Waals surface area contributed by atoms with Crippen molar-refractivity contribution >= 4 is 17.6 Å². The third-order valence-corrected chi connectivity index (χ3v) is 3.01. The summed E-state index contributed by atoms with van der Waals surface area (Å²) in [5, 5.41) is 2.86. The topological polar surface area (TPSA) is 61.8 Å². The molecule has 5 heteroatoms. The van der Waals surface area contributed by atoms with Crippen LogP contribution in [0.4, 0.5) is 0 Å². The number of nitrogens with zero attached hydrogens (tertiary/aromatic N) is 2. The SMILES string of the molecule is CC(C)NC(=O)C1(C)CC(=O)N=C2C=CC=CN21. The summed E-state index contributed by atoms with van der Waals surface area (Å²) in [5.74, 6) is 0.107. The average molecular weight is 247 g/mol. The highest BCUT2D eigenvalue weighted by atomic mass is 16.2. The highest BCUT2D eigenvalue weighted by molar-refractivity contribution is 6.09. The number of aliphatic imine (C=N–C) groups is 1. The molecule has 0 bridgehead atoms. The molecule has 2 amide bonds. The lowest BCUT2D eigenvalue weighted by atomic mass is 9.91. The molecule has 1 atom stereocenters. The molecule has 0 aliphatic carbocycles. The van der Waals surface area contributed by atoms with Gasteiger partial charge in [-0.1, -0.05) is 6.08 Å². The van der Waals surface area contributed by atoms with Gasteiger partial charge in [-0.2, -0.15) is 4.99 Å². The lowest BCUT2D eigenvalue weighted by molar-refractivity contribution is -0.135. The van der Waals surface area contributed by atoms with Crippen molar-refractivity contribution in [3.8, 4) is 0 Å². The Morgan fingerprint density at radius 2 is 2.22 bits per heavy atom. The first-order chi connectivity index (χ1) is 8.43. The van der Waals surface area contributed by atoms with Crippen LogP contribution in [0.25, 0.3) is 0 Å². The van der Waals surface area contributed by atoms with Crippen molar-refractivity contribution in [1.29, 1.82) is 0 Å². The van der Waals surface area contributed by atoms with Crippen LogP contribution in [0, 0.1) is 0 Å². The van der Waals surface area contributed by atoms with Crippen LogP contribution in [0.15, 0.2) is 29.4 Å². The van der Waals surface area contributed by atoms with Gasteiger partial charge in [-0.25, -0.2) is 0 Å². The van der Waals surface area contributed by atoms with Gasteiger partial charge in [0.1, 0.15) is 11.4 Å². The number of hydrogen-bond donors (Lipinski definition) is 1. The van der Waals surface area contributed by atoms with Gasteiger partial charge in [-0.15, -0.1) is 0 Å². The van der Waals surface area contributed by atoms with Crippen LogP contribution in [0.2, 0.25) is 0 Å². The zero-order chi connectivity index (χ0) is 13.3. The molecular formula is C13H17N3O2. The minimum atomic E-state index is -0.903. The van der Waals surface area contributed by atoms with Crippen molar-refractivity contribution in [3.05, 3.63) is 24.4 Å². The lowest BCUT2D eigenvalue weighted by Crippen LogP contribution is -2.60. The number of fused-ring (bicyclic) bond motifs is 1. The zero-order valence-electron chi connectivity index (χ0n) is 10.8. The summed E-state index contributed by atoms with van der Waals surface area (Å²) in [6, 6.07) is 0.0380. The van der Waals surface area contributed by atoms with E-state index in [4.69, 9.17) is 0 Å². The van der Waals surface area contributed by atoms with Gasteiger partial charge in [0.2, 0.25) is 5.91 Å². The van der Waals surface area contributed by atoms with Crippen molar-refractivity contribution in [2.24, 2.45) is 4.99 Å². The molecule has 1 unspecified atom stereocenters. The van der Waals surface area contributed by atoms with Crippen molar-refractivity contribution in [2.75, 3.05) is 0 Å². The first-order valence-electron chi connectivity index (χ1n) is 6.00. The van der Waals surface area contributed by atoms with Crippen LogP contribution < -0.4 is 5.32 Å². The van der Waals surface area contributed by atoms with Gasteiger partial charge >= 0.3 is 0 Å². The van der Waals surface area contributed by atoms with E-state index in [0.717, 1.165) is 0 Å². The number of amides is 2. The number of allylic oxidation sites excluding steroid dienone is 2. The van der Waals surface area contributed by atoms with E-state index in [0.29, 0.717) is 5.84 Å². The number of hydrogen-bond acceptors (Lipinski definition) is 3. The molecule has 1 N–H and O–H groups in total. The first-order valence-corrected chi connectivity index (χ1v) is 6.00. The highest BCUT2D eigenvalue weighted by Crippen LogP contribution is 2.28. The molecule has 18 heavy (non-hydrogen) atoms. The predicted octanol–water partition coefficient (Wildman–Crippen LogP) is 0.984. The highest BCUT2D eigenvalue weighted by Gasteiger charge is 2.45. The molecule has 2 aliphatic heterocycles. The van der Waals surface area contributed by atoms with Gasteiger partial charge in [-0.05, 0) is 32.9 Å². The quantitative estimate of drug-likeness (QED) is 0.791. The zero-order valence-corrected chi connectivity index (χ0v) is 10.8. The fourth-order valence-electron chi connectivity index (χ4n) is 2.10. The van der Waals surface area contributed by atoms with Crippen LogP contribution in [0.5, 0.6) is 0 Å². The Kier molecular flexibility index (Phi) is 3.07. The van der Waals surface area contributed by atoms with E-state index in [9.17, 15) is 9.59 Å². The molecule has 5 nitrogen and oxygen atoms in total. The Morgan fingerprint density at radius 3 is 2.89 bits per heavy atom. The molecule has 0 radical (unpaired) electrons. The average Bonchev–Trinajstić information content (AvgIpc) is 2.27. The minimum Gasteiger partial charge on any atom is -0.352 e. The summed E-state index contributed by atoms with van der Waals surface area (Å²) in [6.07, 6.45) is 7.24. The Morgan fingerprint density at radius 1 is 1.50 bits per heavy atom. The van der Waals surface area contributed by atoms with Crippen LogP contribution in [0.3, 0.4) is 0 Å². The molecule has 0 aromatic rings. The first kappa shape index (κ1) is 12.5. The van der Waals surface area contributed by atoms with Crippen molar-refractivity contribution < 1.29 is 9.59 Å². The van der Waals surface area contributed by atoms with E-state index < -0.39 is 5.54 Å². The normalized spacial score (nSPS) is 26.1. The maximum Gasteiger partial charge on any atom is 0.250 e. The number of carbonyl (C=O) groups excluding carboxylic acids is 2. The summed E-state index contributed by atoms with van der Waals surface area (Å²) < 4.78 is 0. The van der Waals surface area contributed by atoms with Gasteiger partial charge in [0.15, 0.2) is 0 Å². The molecule has 96 valence electrons. The van der Waals surface area contributed by atoms with Gasteiger partial charge in [-0.3, -0.25) is 9.59 Å².